The third-order valence-electron chi connectivity index (χ3n) is 4.85. The van der Waals surface area contributed by atoms with Crippen LogP contribution in [0.15, 0.2) is 73.1 Å². The van der Waals surface area contributed by atoms with E-state index in [0.29, 0.717) is 22.6 Å². The number of nitrogens with one attached hydrogen (secondary N) is 2. The van der Waals surface area contributed by atoms with Crippen molar-refractivity contribution in [3.8, 4) is 11.3 Å². The highest BCUT2D eigenvalue weighted by atomic mass is 16.2. The third kappa shape index (κ3) is 4.07. The van der Waals surface area contributed by atoms with E-state index >= 15 is 0 Å². The van der Waals surface area contributed by atoms with Gasteiger partial charge in [0.05, 0.1) is 5.69 Å². The summed E-state index contributed by atoms with van der Waals surface area (Å²) in [6, 6.07) is 19.0. The fourth-order valence-corrected chi connectivity index (χ4v) is 3.35. The van der Waals surface area contributed by atoms with Crippen LogP contribution in [-0.2, 0) is 11.2 Å². The van der Waals surface area contributed by atoms with E-state index in [0.717, 1.165) is 23.2 Å². The van der Waals surface area contributed by atoms with Gasteiger partial charge in [0.15, 0.2) is 0 Å². The van der Waals surface area contributed by atoms with Crippen molar-refractivity contribution in [1.29, 1.82) is 0 Å². The second kappa shape index (κ2) is 8.21. The Balaban J connectivity index is 1.61. The highest BCUT2D eigenvalue weighted by molar-refractivity contribution is 6.05. The van der Waals surface area contributed by atoms with Crippen molar-refractivity contribution in [3.63, 3.8) is 0 Å². The fraction of sp³-hybridized carbons (Fsp3) is 0.125. The molecule has 0 aliphatic carbocycles. The van der Waals surface area contributed by atoms with Crippen LogP contribution in [-0.4, -0.2) is 21.2 Å². The van der Waals surface area contributed by atoms with Gasteiger partial charge in [0.25, 0.3) is 5.91 Å². The number of fused-ring (bicyclic) bond motifs is 1. The number of amides is 2. The van der Waals surface area contributed by atoms with Crippen LogP contribution in [0.2, 0.25) is 0 Å². The molecule has 0 fully saturated rings. The minimum Gasteiger partial charge on any atom is -0.326 e. The molecular formula is C24H22N4O2. The molecule has 4 rings (SSSR count). The lowest BCUT2D eigenvalue weighted by molar-refractivity contribution is -0.114. The Labute approximate surface area is 174 Å². The standard InChI is InChI=1S/C24H22N4O2/c1-3-17-9-10-20(25-16(2)29)14-21(17)27-24(30)19-11-12-28-15-22(26-23(28)13-19)18-7-5-4-6-8-18/h4-15H,3H2,1-2H3,(H,25,29)(H,27,30). The van der Waals surface area contributed by atoms with Crippen LogP contribution >= 0.6 is 0 Å². The third-order valence-corrected chi connectivity index (χ3v) is 4.85. The summed E-state index contributed by atoms with van der Waals surface area (Å²) in [5.41, 5.74) is 5.40. The SMILES string of the molecule is CCc1ccc(NC(C)=O)cc1NC(=O)c1ccn2cc(-c3ccccc3)nc2c1. The molecule has 0 spiro atoms. The van der Waals surface area contributed by atoms with Gasteiger partial charge >= 0.3 is 0 Å². The molecule has 0 aliphatic heterocycles. The highest BCUT2D eigenvalue weighted by Gasteiger charge is 2.12. The minimum atomic E-state index is -0.226. The van der Waals surface area contributed by atoms with Crippen molar-refractivity contribution in [2.45, 2.75) is 20.3 Å². The lowest BCUT2D eigenvalue weighted by atomic mass is 10.1. The number of aryl methyl sites for hydroxylation is 1. The number of nitrogens with zero attached hydrogens (tertiary/aromatic N) is 2. The van der Waals surface area contributed by atoms with Crippen molar-refractivity contribution in [3.05, 3.63) is 84.2 Å². The highest BCUT2D eigenvalue weighted by Crippen LogP contribution is 2.23. The zero-order valence-corrected chi connectivity index (χ0v) is 16.8. The summed E-state index contributed by atoms with van der Waals surface area (Å²) in [5.74, 6) is -0.382. The average Bonchev–Trinajstić information content (AvgIpc) is 3.17. The number of imidazole rings is 1. The zero-order valence-electron chi connectivity index (χ0n) is 16.8. The second-order valence-corrected chi connectivity index (χ2v) is 7.03. The molecule has 150 valence electrons. The summed E-state index contributed by atoms with van der Waals surface area (Å²) in [6.07, 6.45) is 4.53. The van der Waals surface area contributed by atoms with E-state index in [1.54, 1.807) is 18.2 Å². The zero-order chi connectivity index (χ0) is 21.1. The van der Waals surface area contributed by atoms with Crippen LogP contribution in [0.4, 0.5) is 11.4 Å². The normalized spacial score (nSPS) is 10.7. The van der Waals surface area contributed by atoms with Crippen molar-refractivity contribution in [2.75, 3.05) is 10.6 Å². The molecule has 2 heterocycles. The van der Waals surface area contributed by atoms with Crippen molar-refractivity contribution in [2.24, 2.45) is 0 Å². The Kier molecular flexibility index (Phi) is 5.30. The topological polar surface area (TPSA) is 75.5 Å². The molecule has 0 saturated heterocycles. The van der Waals surface area contributed by atoms with E-state index < -0.39 is 0 Å². The van der Waals surface area contributed by atoms with E-state index in [4.69, 9.17) is 0 Å². The molecule has 0 bridgehead atoms. The maximum Gasteiger partial charge on any atom is 0.255 e. The Bertz CT molecular complexity index is 1230. The van der Waals surface area contributed by atoms with E-state index in [1.807, 2.05) is 66.2 Å². The molecule has 2 N–H and O–H groups in total. The predicted molar refractivity (Wildman–Crippen MR) is 119 cm³/mol. The lowest BCUT2D eigenvalue weighted by Crippen LogP contribution is -2.14. The molecule has 2 aromatic carbocycles. The van der Waals surface area contributed by atoms with Crippen LogP contribution in [0.3, 0.4) is 0 Å². The summed E-state index contributed by atoms with van der Waals surface area (Å²) in [6.45, 7) is 3.47. The van der Waals surface area contributed by atoms with E-state index in [9.17, 15) is 9.59 Å². The predicted octanol–water partition coefficient (Wildman–Crippen LogP) is 4.77. The average molecular weight is 398 g/mol. The minimum absolute atomic E-state index is 0.157. The first kappa shape index (κ1) is 19.4. The largest absolute Gasteiger partial charge is 0.326 e. The van der Waals surface area contributed by atoms with Gasteiger partial charge in [0.2, 0.25) is 5.91 Å². The number of aromatic nitrogens is 2. The molecule has 2 aromatic heterocycles. The van der Waals surface area contributed by atoms with Gasteiger partial charge in [-0.05, 0) is 36.2 Å². The van der Waals surface area contributed by atoms with Crippen LogP contribution < -0.4 is 10.6 Å². The van der Waals surface area contributed by atoms with Gasteiger partial charge in [0, 0.05) is 41.8 Å². The number of rotatable bonds is 5. The Morgan fingerprint density at radius 3 is 2.53 bits per heavy atom. The lowest BCUT2D eigenvalue weighted by Gasteiger charge is -2.12. The van der Waals surface area contributed by atoms with E-state index in [1.165, 1.54) is 6.92 Å². The summed E-state index contributed by atoms with van der Waals surface area (Å²) in [7, 11) is 0. The van der Waals surface area contributed by atoms with Crippen molar-refractivity contribution in [1.82, 2.24) is 9.38 Å². The molecule has 0 aliphatic rings. The van der Waals surface area contributed by atoms with Crippen molar-refractivity contribution < 1.29 is 9.59 Å². The maximum atomic E-state index is 12.9. The van der Waals surface area contributed by atoms with Gasteiger partial charge in [-0.3, -0.25) is 9.59 Å². The fourth-order valence-electron chi connectivity index (χ4n) is 3.35. The maximum absolute atomic E-state index is 12.9. The molecule has 30 heavy (non-hydrogen) atoms. The molecule has 0 radical (unpaired) electrons. The van der Waals surface area contributed by atoms with Crippen LogP contribution in [0.25, 0.3) is 16.9 Å². The van der Waals surface area contributed by atoms with Gasteiger partial charge in [-0.15, -0.1) is 0 Å². The van der Waals surface area contributed by atoms with Crippen LogP contribution in [0.5, 0.6) is 0 Å². The molecule has 0 saturated carbocycles. The summed E-state index contributed by atoms with van der Waals surface area (Å²) in [4.78, 5) is 28.9. The summed E-state index contributed by atoms with van der Waals surface area (Å²) < 4.78 is 1.90. The molecule has 6 heteroatoms. The Hall–Kier alpha value is -3.93. The smallest absolute Gasteiger partial charge is 0.255 e. The second-order valence-electron chi connectivity index (χ2n) is 7.03. The first-order valence-electron chi connectivity index (χ1n) is 9.79. The number of hydrogen-bond donors (Lipinski definition) is 2. The molecule has 4 aromatic rings. The Morgan fingerprint density at radius 2 is 1.80 bits per heavy atom. The number of benzene rings is 2. The molecule has 2 amide bonds. The quantitative estimate of drug-likeness (QED) is 0.508. The number of carbonyl (C=O) groups is 2. The summed E-state index contributed by atoms with van der Waals surface area (Å²) >= 11 is 0. The van der Waals surface area contributed by atoms with E-state index in [2.05, 4.69) is 15.6 Å². The molecule has 6 nitrogen and oxygen atoms in total. The number of carbonyl (C=O) groups excluding carboxylic acids is 2. The van der Waals surface area contributed by atoms with Gasteiger partial charge < -0.3 is 15.0 Å². The Morgan fingerprint density at radius 1 is 1.00 bits per heavy atom. The first-order chi connectivity index (χ1) is 14.5. The van der Waals surface area contributed by atoms with Gasteiger partial charge in [-0.2, -0.15) is 0 Å². The van der Waals surface area contributed by atoms with Crippen LogP contribution in [0, 0.1) is 0 Å². The van der Waals surface area contributed by atoms with E-state index in [-0.39, 0.29) is 11.8 Å². The van der Waals surface area contributed by atoms with Gasteiger partial charge in [0.1, 0.15) is 5.65 Å². The number of hydrogen-bond acceptors (Lipinski definition) is 3. The van der Waals surface area contributed by atoms with Crippen LogP contribution in [0.1, 0.15) is 29.8 Å². The molecule has 0 atom stereocenters. The first-order valence-corrected chi connectivity index (χ1v) is 9.79. The molecular weight excluding hydrogens is 376 g/mol. The van der Waals surface area contributed by atoms with Gasteiger partial charge in [-0.1, -0.05) is 43.3 Å². The van der Waals surface area contributed by atoms with Crippen molar-refractivity contribution >= 4 is 28.8 Å². The summed E-state index contributed by atoms with van der Waals surface area (Å²) in [5, 5.41) is 5.72. The molecule has 0 unspecified atom stereocenters. The number of anilines is 2. The van der Waals surface area contributed by atoms with Gasteiger partial charge in [-0.25, -0.2) is 4.98 Å². The monoisotopic (exact) mass is 398 g/mol. The number of pyridine rings is 1.